The van der Waals surface area contributed by atoms with E-state index >= 15 is 0 Å². The van der Waals surface area contributed by atoms with Crippen molar-refractivity contribution in [3.8, 4) is 11.5 Å². The van der Waals surface area contributed by atoms with E-state index in [0.717, 1.165) is 11.3 Å². The number of hydrogen-bond donors (Lipinski definition) is 2. The molecule has 0 unspecified atom stereocenters. The number of anilines is 1. The highest BCUT2D eigenvalue weighted by Gasteiger charge is 2.13. The van der Waals surface area contributed by atoms with Crippen LogP contribution in [0.3, 0.4) is 0 Å². The first-order valence-corrected chi connectivity index (χ1v) is 8.65. The summed E-state index contributed by atoms with van der Waals surface area (Å²) in [6.07, 6.45) is 2.85. The summed E-state index contributed by atoms with van der Waals surface area (Å²) in [7, 11) is 0. The summed E-state index contributed by atoms with van der Waals surface area (Å²) in [6.45, 7) is 0.833. The third-order valence-corrected chi connectivity index (χ3v) is 4.19. The predicted molar refractivity (Wildman–Crippen MR) is 99.5 cm³/mol. The molecule has 8 heteroatoms. The van der Waals surface area contributed by atoms with Crippen LogP contribution in [0.2, 0.25) is 0 Å². The Balaban J connectivity index is 1.32. The number of halogens is 1. The third kappa shape index (κ3) is 4.01. The topological polar surface area (TPSA) is 85.4 Å². The fraction of sp³-hybridized carbons (Fsp3) is 0.150. The predicted octanol–water partition coefficient (Wildman–Crippen LogP) is 2.89. The van der Waals surface area contributed by atoms with Crippen molar-refractivity contribution in [2.24, 2.45) is 0 Å². The van der Waals surface area contributed by atoms with Gasteiger partial charge in [-0.25, -0.2) is 14.4 Å². The van der Waals surface area contributed by atoms with Crippen LogP contribution < -0.4 is 20.1 Å². The van der Waals surface area contributed by atoms with Crippen molar-refractivity contribution in [3.63, 3.8) is 0 Å². The second kappa shape index (κ2) is 7.91. The van der Waals surface area contributed by atoms with Gasteiger partial charge in [0.2, 0.25) is 6.79 Å². The number of benzene rings is 2. The Hall–Kier alpha value is -3.68. The highest BCUT2D eigenvalue weighted by Crippen LogP contribution is 2.32. The Kier molecular flexibility index (Phi) is 5.01. The minimum atomic E-state index is -0.418. The molecule has 0 aliphatic carbocycles. The molecule has 0 radical (unpaired) electrons. The van der Waals surface area contributed by atoms with Gasteiger partial charge in [0.25, 0.3) is 5.91 Å². The summed E-state index contributed by atoms with van der Waals surface area (Å²) < 4.78 is 24.2. The van der Waals surface area contributed by atoms with Crippen LogP contribution in [0.15, 0.2) is 54.9 Å². The molecule has 2 N–H and O–H groups in total. The second-order valence-electron chi connectivity index (χ2n) is 6.10. The lowest BCUT2D eigenvalue weighted by Crippen LogP contribution is -2.24. The van der Waals surface area contributed by atoms with Crippen LogP contribution in [0.25, 0.3) is 0 Å². The van der Waals surface area contributed by atoms with Crippen molar-refractivity contribution >= 4 is 11.7 Å². The van der Waals surface area contributed by atoms with E-state index in [-0.39, 0.29) is 24.8 Å². The maximum atomic E-state index is 13.6. The molecule has 0 saturated carbocycles. The molecule has 0 saturated heterocycles. The summed E-state index contributed by atoms with van der Waals surface area (Å²) in [5.74, 6) is 1.19. The molecule has 4 rings (SSSR count). The molecule has 1 aliphatic rings. The van der Waals surface area contributed by atoms with E-state index in [1.165, 1.54) is 18.5 Å². The van der Waals surface area contributed by atoms with Crippen molar-refractivity contribution < 1.29 is 18.7 Å². The monoisotopic (exact) mass is 380 g/mol. The molecule has 28 heavy (non-hydrogen) atoms. The number of nitrogens with one attached hydrogen (secondary N) is 2. The zero-order valence-electron chi connectivity index (χ0n) is 14.8. The summed E-state index contributed by atoms with van der Waals surface area (Å²) in [6, 6.07) is 12.0. The standard InChI is InChI=1S/C20H17FN4O3/c21-15-4-2-1-3-14(15)9-25-20(26)16-10-24-19(11-22-16)23-8-13-5-6-17-18(7-13)28-12-27-17/h1-7,10-11H,8-9,12H2,(H,23,24)(H,25,26). The molecule has 2 aromatic carbocycles. The maximum Gasteiger partial charge on any atom is 0.271 e. The van der Waals surface area contributed by atoms with Crippen LogP contribution in [0.4, 0.5) is 10.2 Å². The fourth-order valence-corrected chi connectivity index (χ4v) is 2.69. The number of ether oxygens (including phenoxy) is 2. The van der Waals surface area contributed by atoms with E-state index in [0.29, 0.717) is 23.7 Å². The van der Waals surface area contributed by atoms with Gasteiger partial charge in [0, 0.05) is 18.7 Å². The third-order valence-electron chi connectivity index (χ3n) is 4.19. The molecule has 3 aromatic rings. The Morgan fingerprint density at radius 3 is 2.71 bits per heavy atom. The Morgan fingerprint density at radius 2 is 1.89 bits per heavy atom. The number of amides is 1. The maximum absolute atomic E-state index is 13.6. The molecule has 7 nitrogen and oxygen atoms in total. The van der Waals surface area contributed by atoms with Gasteiger partial charge in [-0.15, -0.1) is 0 Å². The first-order valence-electron chi connectivity index (χ1n) is 8.65. The molecule has 0 atom stereocenters. The van der Waals surface area contributed by atoms with Crippen molar-refractivity contribution in [1.29, 1.82) is 0 Å². The van der Waals surface area contributed by atoms with E-state index < -0.39 is 5.91 Å². The molecule has 0 fully saturated rings. The number of carbonyl (C=O) groups is 1. The lowest BCUT2D eigenvalue weighted by Gasteiger charge is -2.08. The lowest BCUT2D eigenvalue weighted by molar-refractivity contribution is 0.0945. The molecule has 1 aromatic heterocycles. The van der Waals surface area contributed by atoms with Gasteiger partial charge in [-0.05, 0) is 23.8 Å². The summed E-state index contributed by atoms with van der Waals surface area (Å²) >= 11 is 0. The minimum absolute atomic E-state index is 0.0807. The van der Waals surface area contributed by atoms with Crippen LogP contribution in [0.1, 0.15) is 21.6 Å². The van der Waals surface area contributed by atoms with Gasteiger partial charge in [-0.1, -0.05) is 24.3 Å². The highest BCUT2D eigenvalue weighted by molar-refractivity contribution is 5.91. The summed E-state index contributed by atoms with van der Waals surface area (Å²) in [4.78, 5) is 20.4. The van der Waals surface area contributed by atoms with Crippen molar-refractivity contribution in [2.45, 2.75) is 13.1 Å². The van der Waals surface area contributed by atoms with Crippen LogP contribution in [-0.2, 0) is 13.1 Å². The molecular weight excluding hydrogens is 363 g/mol. The number of aromatic nitrogens is 2. The molecular formula is C20H17FN4O3. The van der Waals surface area contributed by atoms with Crippen LogP contribution in [-0.4, -0.2) is 22.7 Å². The average Bonchev–Trinajstić information content (AvgIpc) is 3.20. The van der Waals surface area contributed by atoms with Crippen molar-refractivity contribution in [3.05, 3.63) is 77.5 Å². The minimum Gasteiger partial charge on any atom is -0.454 e. The fourth-order valence-electron chi connectivity index (χ4n) is 2.69. The zero-order chi connectivity index (χ0) is 19.3. The Bertz CT molecular complexity index is 995. The van der Waals surface area contributed by atoms with Crippen LogP contribution in [0, 0.1) is 5.82 Å². The number of nitrogens with zero attached hydrogens (tertiary/aromatic N) is 2. The van der Waals surface area contributed by atoms with E-state index in [1.54, 1.807) is 18.2 Å². The van der Waals surface area contributed by atoms with Crippen molar-refractivity contribution in [1.82, 2.24) is 15.3 Å². The highest BCUT2D eigenvalue weighted by atomic mass is 19.1. The van der Waals surface area contributed by atoms with Crippen LogP contribution >= 0.6 is 0 Å². The number of rotatable bonds is 6. The van der Waals surface area contributed by atoms with E-state index in [9.17, 15) is 9.18 Å². The van der Waals surface area contributed by atoms with Crippen molar-refractivity contribution in [2.75, 3.05) is 12.1 Å². The van der Waals surface area contributed by atoms with Gasteiger partial charge in [0.15, 0.2) is 11.5 Å². The molecule has 142 valence electrons. The summed E-state index contributed by atoms with van der Waals surface area (Å²) in [5.41, 5.74) is 1.56. The Morgan fingerprint density at radius 1 is 1.04 bits per heavy atom. The van der Waals surface area contributed by atoms with Gasteiger partial charge >= 0.3 is 0 Å². The van der Waals surface area contributed by atoms with E-state index in [2.05, 4.69) is 20.6 Å². The second-order valence-corrected chi connectivity index (χ2v) is 6.10. The van der Waals surface area contributed by atoms with E-state index in [1.807, 2.05) is 18.2 Å². The number of hydrogen-bond acceptors (Lipinski definition) is 6. The zero-order valence-corrected chi connectivity index (χ0v) is 14.8. The first-order chi connectivity index (χ1) is 13.7. The number of carbonyl (C=O) groups excluding carboxylic acids is 1. The largest absolute Gasteiger partial charge is 0.454 e. The molecule has 1 aliphatic heterocycles. The lowest BCUT2D eigenvalue weighted by atomic mass is 10.2. The van der Waals surface area contributed by atoms with Gasteiger partial charge in [0.05, 0.1) is 12.4 Å². The van der Waals surface area contributed by atoms with Crippen LogP contribution in [0.5, 0.6) is 11.5 Å². The smallest absolute Gasteiger partial charge is 0.271 e. The quantitative estimate of drug-likeness (QED) is 0.684. The van der Waals surface area contributed by atoms with Gasteiger partial charge in [-0.2, -0.15) is 0 Å². The van der Waals surface area contributed by atoms with Gasteiger partial charge < -0.3 is 20.1 Å². The van der Waals surface area contributed by atoms with Gasteiger partial charge in [0.1, 0.15) is 17.3 Å². The average molecular weight is 380 g/mol. The Labute approximate surface area is 160 Å². The SMILES string of the molecule is O=C(NCc1ccccc1F)c1cnc(NCc2ccc3c(c2)OCO3)cn1. The molecule has 1 amide bonds. The normalized spacial score (nSPS) is 11.9. The summed E-state index contributed by atoms with van der Waals surface area (Å²) in [5, 5.41) is 5.76. The number of fused-ring (bicyclic) bond motifs is 1. The van der Waals surface area contributed by atoms with Gasteiger partial charge in [-0.3, -0.25) is 4.79 Å². The molecule has 2 heterocycles. The van der Waals surface area contributed by atoms with E-state index in [4.69, 9.17) is 9.47 Å². The molecule has 0 spiro atoms. The molecule has 0 bridgehead atoms. The first kappa shape index (κ1) is 17.7.